The van der Waals surface area contributed by atoms with Gasteiger partial charge in [-0.1, -0.05) is 154 Å². The standard InChI is InChI=1S/C51H81NO13/c1-7-9-11-13-15-17-18-19-20-22-23-25-30-34-44(64-50(58)42-32-28-27-29-33-42)43(52-46(57)35-31-26-24-21-16-14-12-10-8-2)36-60-51-49(63-41(6)56)48(62-40(5)55)47(61-39(4)54)45(65-51)37-59-38(3)53/h27-30,32-34,43-45,47-49,51H,7-26,31,35-37H2,1-6H3,(H,52,57)/t43-,44+,45+,47-,48-,49+,51+/m0/s1. The zero-order valence-corrected chi connectivity index (χ0v) is 40.4. The second-order valence-electron chi connectivity index (χ2n) is 17.1. The molecule has 0 saturated carbocycles. The lowest BCUT2D eigenvalue weighted by molar-refractivity contribution is -0.309. The van der Waals surface area contributed by atoms with Crippen LogP contribution in [-0.2, 0) is 57.1 Å². The van der Waals surface area contributed by atoms with E-state index in [1.165, 1.54) is 90.4 Å². The summed E-state index contributed by atoms with van der Waals surface area (Å²) < 4.78 is 40.6. The first-order chi connectivity index (χ1) is 31.4. The predicted octanol–water partition coefficient (Wildman–Crippen LogP) is 9.97. The second kappa shape index (κ2) is 35.0. The van der Waals surface area contributed by atoms with Crippen molar-refractivity contribution in [2.24, 2.45) is 0 Å². The first-order valence-electron chi connectivity index (χ1n) is 24.5. The molecule has 1 amide bonds. The molecule has 0 unspecified atom stereocenters. The molecule has 1 aliphatic rings. The first-order valence-corrected chi connectivity index (χ1v) is 24.5. The van der Waals surface area contributed by atoms with Gasteiger partial charge >= 0.3 is 29.8 Å². The molecule has 0 aromatic heterocycles. The summed E-state index contributed by atoms with van der Waals surface area (Å²) in [6.07, 6.45) is 19.7. The highest BCUT2D eigenvalue weighted by atomic mass is 16.7. The van der Waals surface area contributed by atoms with Crippen LogP contribution in [0.4, 0.5) is 0 Å². The Labute approximate surface area is 388 Å². The molecule has 1 aromatic carbocycles. The Balaban J connectivity index is 2.38. The molecule has 2 rings (SSSR count). The van der Waals surface area contributed by atoms with Crippen molar-refractivity contribution < 1.29 is 61.9 Å². The summed E-state index contributed by atoms with van der Waals surface area (Å²) in [5.41, 5.74) is 0.316. The summed E-state index contributed by atoms with van der Waals surface area (Å²) >= 11 is 0. The molecule has 0 bridgehead atoms. The minimum Gasteiger partial charge on any atom is -0.463 e. The second-order valence-corrected chi connectivity index (χ2v) is 17.1. The Morgan fingerprint density at radius 1 is 0.615 bits per heavy atom. The Morgan fingerprint density at radius 2 is 1.11 bits per heavy atom. The maximum absolute atomic E-state index is 13.7. The van der Waals surface area contributed by atoms with Gasteiger partial charge in [-0.3, -0.25) is 24.0 Å². The summed E-state index contributed by atoms with van der Waals surface area (Å²) in [6, 6.07) is 7.55. The van der Waals surface area contributed by atoms with Crippen LogP contribution in [-0.4, -0.2) is 91.8 Å². The van der Waals surface area contributed by atoms with Crippen molar-refractivity contribution in [3.8, 4) is 0 Å². The van der Waals surface area contributed by atoms with E-state index in [2.05, 4.69) is 19.2 Å². The van der Waals surface area contributed by atoms with Gasteiger partial charge in [-0.2, -0.15) is 0 Å². The normalized spacial score (nSPS) is 19.2. The highest BCUT2D eigenvalue weighted by Crippen LogP contribution is 2.30. The third-order valence-electron chi connectivity index (χ3n) is 11.2. The van der Waals surface area contributed by atoms with Crippen LogP contribution < -0.4 is 5.32 Å². The molecule has 1 saturated heterocycles. The molecule has 0 spiro atoms. The van der Waals surface area contributed by atoms with Crippen LogP contribution in [0.5, 0.6) is 0 Å². The van der Waals surface area contributed by atoms with Gasteiger partial charge < -0.3 is 38.5 Å². The predicted molar refractivity (Wildman–Crippen MR) is 248 cm³/mol. The van der Waals surface area contributed by atoms with Crippen molar-refractivity contribution in [2.45, 2.75) is 226 Å². The van der Waals surface area contributed by atoms with E-state index < -0.39 is 79.3 Å². The topological polar surface area (TPSA) is 179 Å². The van der Waals surface area contributed by atoms with Crippen molar-refractivity contribution in [1.82, 2.24) is 5.32 Å². The number of unbranched alkanes of at least 4 members (excludes halogenated alkanes) is 19. The molecular weight excluding hydrogens is 835 g/mol. The Bertz CT molecular complexity index is 1530. The van der Waals surface area contributed by atoms with Crippen LogP contribution >= 0.6 is 0 Å². The van der Waals surface area contributed by atoms with Crippen LogP contribution in [0.3, 0.4) is 0 Å². The highest BCUT2D eigenvalue weighted by Gasteiger charge is 2.53. The fraction of sp³-hybridized carbons (Fsp3) is 0.725. The molecule has 1 aliphatic heterocycles. The van der Waals surface area contributed by atoms with Crippen LogP contribution in [0.25, 0.3) is 0 Å². The van der Waals surface area contributed by atoms with Gasteiger partial charge in [-0.05, 0) is 37.5 Å². The van der Waals surface area contributed by atoms with Gasteiger partial charge in [0.1, 0.15) is 18.8 Å². The van der Waals surface area contributed by atoms with E-state index >= 15 is 0 Å². The quantitative estimate of drug-likeness (QED) is 0.0295. The van der Waals surface area contributed by atoms with E-state index in [0.717, 1.165) is 65.7 Å². The van der Waals surface area contributed by atoms with E-state index in [1.54, 1.807) is 36.4 Å². The summed E-state index contributed by atoms with van der Waals surface area (Å²) in [6.45, 7) is 8.26. The maximum Gasteiger partial charge on any atom is 0.338 e. The minimum absolute atomic E-state index is 0.229. The lowest BCUT2D eigenvalue weighted by Crippen LogP contribution is -2.63. The number of amides is 1. The Kier molecular flexibility index (Phi) is 30.6. The van der Waals surface area contributed by atoms with Gasteiger partial charge in [0.2, 0.25) is 5.91 Å². The number of carbonyl (C=O) groups excluding carboxylic acids is 6. The number of benzene rings is 1. The van der Waals surface area contributed by atoms with Crippen molar-refractivity contribution >= 4 is 35.8 Å². The summed E-state index contributed by atoms with van der Waals surface area (Å²) in [5, 5.41) is 3.04. The van der Waals surface area contributed by atoms with E-state index in [0.29, 0.717) is 12.0 Å². The molecule has 14 nitrogen and oxygen atoms in total. The molecule has 0 aliphatic carbocycles. The lowest BCUT2D eigenvalue weighted by Gasteiger charge is -2.44. The van der Waals surface area contributed by atoms with E-state index in [1.807, 2.05) is 6.08 Å². The molecule has 368 valence electrons. The minimum atomic E-state index is -1.50. The average Bonchev–Trinajstić information content (AvgIpc) is 3.26. The molecule has 1 N–H and O–H groups in total. The average molecular weight is 916 g/mol. The summed E-state index contributed by atoms with van der Waals surface area (Å²) in [7, 11) is 0. The first kappa shape index (κ1) is 56.8. The molecule has 1 aromatic rings. The largest absolute Gasteiger partial charge is 0.463 e. The number of rotatable bonds is 35. The number of carbonyl (C=O) groups is 6. The van der Waals surface area contributed by atoms with Crippen molar-refractivity contribution in [1.29, 1.82) is 0 Å². The van der Waals surface area contributed by atoms with Crippen molar-refractivity contribution in [3.05, 3.63) is 48.0 Å². The highest BCUT2D eigenvalue weighted by molar-refractivity contribution is 5.89. The smallest absolute Gasteiger partial charge is 0.338 e. The van der Waals surface area contributed by atoms with Crippen LogP contribution in [0.2, 0.25) is 0 Å². The van der Waals surface area contributed by atoms with Crippen LogP contribution in [0, 0.1) is 0 Å². The van der Waals surface area contributed by atoms with E-state index in [9.17, 15) is 28.8 Å². The number of nitrogens with one attached hydrogen (secondary N) is 1. The van der Waals surface area contributed by atoms with Gasteiger partial charge in [0.05, 0.1) is 18.2 Å². The number of esters is 5. The summed E-state index contributed by atoms with van der Waals surface area (Å²) in [5.74, 6) is -3.87. The van der Waals surface area contributed by atoms with E-state index in [-0.39, 0.29) is 18.9 Å². The van der Waals surface area contributed by atoms with Gasteiger partial charge in [-0.15, -0.1) is 0 Å². The van der Waals surface area contributed by atoms with Gasteiger partial charge in [0.25, 0.3) is 0 Å². The molecule has 0 radical (unpaired) electrons. The maximum atomic E-state index is 13.7. The number of hydrogen-bond donors (Lipinski definition) is 1. The van der Waals surface area contributed by atoms with Gasteiger partial charge in [0, 0.05) is 34.1 Å². The molecule has 1 heterocycles. The zero-order valence-electron chi connectivity index (χ0n) is 40.4. The zero-order chi connectivity index (χ0) is 47.7. The molecule has 7 atom stereocenters. The number of ether oxygens (including phenoxy) is 7. The SMILES string of the molecule is CCCCCCCCCCCCCC=C[C@@H](OC(=O)c1ccccc1)[C@H](CO[C@@H]1O[C@H](COC(C)=O)[C@H](OC(C)=O)[C@H](OC(C)=O)[C@H]1OC(C)=O)NC(=O)CCCCCCCCCCC. The fourth-order valence-electron chi connectivity index (χ4n) is 7.79. The lowest BCUT2D eigenvalue weighted by atomic mass is 9.98. The molecule has 1 fully saturated rings. The number of hydrogen-bond acceptors (Lipinski definition) is 13. The van der Waals surface area contributed by atoms with Gasteiger partial charge in [0.15, 0.2) is 24.6 Å². The van der Waals surface area contributed by atoms with Gasteiger partial charge in [-0.25, -0.2) is 4.79 Å². The number of allylic oxidation sites excluding steroid dienone is 1. The molecule has 65 heavy (non-hydrogen) atoms. The van der Waals surface area contributed by atoms with Crippen molar-refractivity contribution in [2.75, 3.05) is 13.2 Å². The Hall–Kier alpha value is -4.30. The fourth-order valence-corrected chi connectivity index (χ4v) is 7.79. The van der Waals surface area contributed by atoms with Crippen LogP contribution in [0.15, 0.2) is 42.5 Å². The Morgan fingerprint density at radius 3 is 1.63 bits per heavy atom. The van der Waals surface area contributed by atoms with E-state index in [4.69, 9.17) is 33.2 Å². The van der Waals surface area contributed by atoms with Crippen molar-refractivity contribution in [3.63, 3.8) is 0 Å². The monoisotopic (exact) mass is 916 g/mol. The third-order valence-corrected chi connectivity index (χ3v) is 11.2. The summed E-state index contributed by atoms with van der Waals surface area (Å²) in [4.78, 5) is 76.5. The molecule has 14 heteroatoms. The molecular formula is C51H81NO13. The third kappa shape index (κ3) is 25.8. The van der Waals surface area contributed by atoms with Crippen LogP contribution in [0.1, 0.15) is 193 Å².